The fraction of sp³-hybridized carbons (Fsp3) is 0.174. The average Bonchev–Trinajstić information content (AvgIpc) is 2.77. The molecule has 9 heteroatoms. The third-order valence-electron chi connectivity index (χ3n) is 4.50. The van der Waals surface area contributed by atoms with E-state index in [1.54, 1.807) is 25.1 Å². The van der Waals surface area contributed by atoms with Crippen LogP contribution in [0.25, 0.3) is 0 Å². The van der Waals surface area contributed by atoms with E-state index in [0.717, 1.165) is 9.13 Å². The Kier molecular flexibility index (Phi) is 8.52. The van der Waals surface area contributed by atoms with Gasteiger partial charge < -0.3 is 10.1 Å². The van der Waals surface area contributed by atoms with Crippen LogP contribution in [0, 0.1) is 3.57 Å². The maximum atomic E-state index is 13.3. The zero-order valence-corrected chi connectivity index (χ0v) is 20.9. The molecule has 0 fully saturated rings. The quantitative estimate of drug-likeness (QED) is 0.352. The van der Waals surface area contributed by atoms with Crippen molar-refractivity contribution in [2.75, 3.05) is 11.9 Å². The number of nitrogens with one attached hydrogen (secondary N) is 2. The molecule has 0 bridgehead atoms. The monoisotopic (exact) mass is 584 g/mol. The second-order valence-corrected chi connectivity index (χ2v) is 10.2. The van der Waals surface area contributed by atoms with Gasteiger partial charge >= 0.3 is 0 Å². The standard InChI is InChI=1S/C23H22ClIN2O4S/c1-2-31-21-13-8-17(24)15-22(21)32(29,30)27-20(14-16-6-4-3-5-7-16)23(28)26-19-11-9-18(25)10-12-19/h3-13,15,20,27H,2,14H2,1H3,(H,26,28). The predicted octanol–water partition coefficient (Wildman–Crippen LogP) is 4.87. The molecule has 3 rings (SSSR count). The van der Waals surface area contributed by atoms with Gasteiger partial charge in [0.2, 0.25) is 15.9 Å². The molecule has 2 N–H and O–H groups in total. The van der Waals surface area contributed by atoms with E-state index in [1.165, 1.54) is 12.1 Å². The summed E-state index contributed by atoms with van der Waals surface area (Å²) in [6.07, 6.45) is 0.167. The van der Waals surface area contributed by atoms with Crippen molar-refractivity contribution in [3.05, 3.63) is 87.0 Å². The number of carbonyl (C=O) groups excluding carboxylic acids is 1. The number of hydrogen-bond acceptors (Lipinski definition) is 4. The fourth-order valence-corrected chi connectivity index (χ4v) is 4.98. The van der Waals surface area contributed by atoms with Crippen LogP contribution in [-0.4, -0.2) is 27.0 Å². The van der Waals surface area contributed by atoms with Crippen LogP contribution in [0.5, 0.6) is 5.75 Å². The van der Waals surface area contributed by atoms with Crippen molar-refractivity contribution >= 4 is 55.8 Å². The summed E-state index contributed by atoms with van der Waals surface area (Å²) in [4.78, 5) is 13.0. The van der Waals surface area contributed by atoms with Gasteiger partial charge in [0.25, 0.3) is 0 Å². The van der Waals surface area contributed by atoms with Crippen molar-refractivity contribution in [3.8, 4) is 5.75 Å². The Labute approximate surface area is 206 Å². The Morgan fingerprint density at radius 1 is 1.06 bits per heavy atom. The van der Waals surface area contributed by atoms with Gasteiger partial charge in [-0.3, -0.25) is 4.79 Å². The molecule has 0 saturated heterocycles. The van der Waals surface area contributed by atoms with Crippen molar-refractivity contribution in [2.45, 2.75) is 24.3 Å². The zero-order chi connectivity index (χ0) is 23.1. The lowest BCUT2D eigenvalue weighted by Crippen LogP contribution is -2.45. The number of ether oxygens (including phenoxy) is 1. The third kappa shape index (κ3) is 6.68. The van der Waals surface area contributed by atoms with E-state index in [0.29, 0.717) is 5.69 Å². The maximum absolute atomic E-state index is 13.3. The van der Waals surface area contributed by atoms with Gasteiger partial charge in [0, 0.05) is 14.3 Å². The van der Waals surface area contributed by atoms with Gasteiger partial charge in [-0.1, -0.05) is 41.9 Å². The number of amides is 1. The van der Waals surface area contributed by atoms with E-state index in [9.17, 15) is 13.2 Å². The molecule has 0 aliphatic heterocycles. The Balaban J connectivity index is 1.91. The minimum atomic E-state index is -4.12. The van der Waals surface area contributed by atoms with Gasteiger partial charge in [-0.05, 0) is 84.0 Å². The Morgan fingerprint density at radius 2 is 1.75 bits per heavy atom. The first-order chi connectivity index (χ1) is 15.3. The smallest absolute Gasteiger partial charge is 0.245 e. The number of benzene rings is 3. The normalized spacial score (nSPS) is 12.2. The van der Waals surface area contributed by atoms with Gasteiger partial charge in [0.05, 0.1) is 6.61 Å². The van der Waals surface area contributed by atoms with Crippen molar-refractivity contribution < 1.29 is 17.9 Å². The van der Waals surface area contributed by atoms with Crippen LogP contribution in [0.1, 0.15) is 12.5 Å². The second-order valence-electron chi connectivity index (χ2n) is 6.88. The molecule has 1 amide bonds. The van der Waals surface area contributed by atoms with Gasteiger partial charge in [0.15, 0.2) is 0 Å². The van der Waals surface area contributed by atoms with Crippen LogP contribution in [0.4, 0.5) is 5.69 Å². The number of hydrogen-bond donors (Lipinski definition) is 2. The molecule has 1 atom stereocenters. The van der Waals surface area contributed by atoms with E-state index in [-0.39, 0.29) is 28.7 Å². The largest absolute Gasteiger partial charge is 0.492 e. The first-order valence-corrected chi connectivity index (χ1v) is 12.8. The lowest BCUT2D eigenvalue weighted by molar-refractivity contribution is -0.117. The number of rotatable bonds is 9. The molecule has 0 spiro atoms. The molecule has 0 aromatic heterocycles. The van der Waals surface area contributed by atoms with Gasteiger partial charge in [0.1, 0.15) is 16.7 Å². The van der Waals surface area contributed by atoms with Gasteiger partial charge in [-0.25, -0.2) is 8.42 Å². The van der Waals surface area contributed by atoms with Crippen molar-refractivity contribution in [1.82, 2.24) is 4.72 Å². The van der Waals surface area contributed by atoms with Crippen molar-refractivity contribution in [1.29, 1.82) is 0 Å². The van der Waals surface area contributed by atoms with Crippen LogP contribution in [-0.2, 0) is 21.2 Å². The molecule has 0 saturated carbocycles. The van der Waals surface area contributed by atoms with Gasteiger partial charge in [-0.2, -0.15) is 4.72 Å². The van der Waals surface area contributed by atoms with E-state index < -0.39 is 22.0 Å². The van der Waals surface area contributed by atoms with Crippen molar-refractivity contribution in [3.63, 3.8) is 0 Å². The van der Waals surface area contributed by atoms with Crippen LogP contribution >= 0.6 is 34.2 Å². The molecule has 0 aliphatic carbocycles. The number of sulfonamides is 1. The Hall–Kier alpha value is -2.14. The summed E-state index contributed by atoms with van der Waals surface area (Å²) in [6, 6.07) is 19.7. The highest BCUT2D eigenvalue weighted by molar-refractivity contribution is 14.1. The molecule has 3 aromatic carbocycles. The third-order valence-corrected chi connectivity index (χ3v) is 6.95. The molecule has 0 radical (unpaired) electrons. The molecule has 0 aliphatic rings. The summed E-state index contributed by atoms with van der Waals surface area (Å²) in [5, 5.41) is 3.04. The summed E-state index contributed by atoms with van der Waals surface area (Å²) in [6.45, 7) is 2.04. The molecule has 168 valence electrons. The molecular weight excluding hydrogens is 563 g/mol. The van der Waals surface area contributed by atoms with Crippen LogP contribution < -0.4 is 14.8 Å². The highest BCUT2D eigenvalue weighted by atomic mass is 127. The molecule has 3 aromatic rings. The minimum absolute atomic E-state index is 0.119. The summed E-state index contributed by atoms with van der Waals surface area (Å²) in [5.41, 5.74) is 1.39. The first kappa shape index (κ1) is 24.5. The maximum Gasteiger partial charge on any atom is 0.245 e. The lowest BCUT2D eigenvalue weighted by Gasteiger charge is -2.20. The topological polar surface area (TPSA) is 84.5 Å². The molecule has 6 nitrogen and oxygen atoms in total. The average molecular weight is 585 g/mol. The van der Waals surface area contributed by atoms with Crippen LogP contribution in [0.3, 0.4) is 0 Å². The van der Waals surface area contributed by atoms with E-state index >= 15 is 0 Å². The number of carbonyl (C=O) groups is 1. The summed E-state index contributed by atoms with van der Waals surface area (Å²) in [7, 11) is -4.12. The van der Waals surface area contributed by atoms with Crippen LogP contribution in [0.15, 0.2) is 77.7 Å². The molecular formula is C23H22ClIN2O4S. The second kappa shape index (κ2) is 11.1. The summed E-state index contributed by atoms with van der Waals surface area (Å²) in [5.74, 6) is -0.306. The number of anilines is 1. The Bertz CT molecular complexity index is 1170. The summed E-state index contributed by atoms with van der Waals surface area (Å²) >= 11 is 8.21. The van der Waals surface area contributed by atoms with Crippen molar-refractivity contribution in [2.24, 2.45) is 0 Å². The van der Waals surface area contributed by atoms with E-state index in [4.69, 9.17) is 16.3 Å². The van der Waals surface area contributed by atoms with E-state index in [2.05, 4.69) is 32.6 Å². The van der Waals surface area contributed by atoms with Gasteiger partial charge in [-0.15, -0.1) is 0 Å². The lowest BCUT2D eigenvalue weighted by atomic mass is 10.1. The SMILES string of the molecule is CCOc1ccc(Cl)cc1S(=O)(=O)NC(Cc1ccccc1)C(=O)Nc1ccc(I)cc1. The number of halogens is 2. The van der Waals surface area contributed by atoms with E-state index in [1.807, 2.05) is 42.5 Å². The fourth-order valence-electron chi connectivity index (χ4n) is 3.02. The van der Waals surface area contributed by atoms with Crippen LogP contribution in [0.2, 0.25) is 5.02 Å². The summed E-state index contributed by atoms with van der Waals surface area (Å²) < 4.78 is 35.5. The molecule has 0 heterocycles. The predicted molar refractivity (Wildman–Crippen MR) is 135 cm³/mol. The molecule has 32 heavy (non-hydrogen) atoms. The zero-order valence-electron chi connectivity index (χ0n) is 17.2. The first-order valence-electron chi connectivity index (χ1n) is 9.83. The highest BCUT2D eigenvalue weighted by Gasteiger charge is 2.28. The highest BCUT2D eigenvalue weighted by Crippen LogP contribution is 2.28. The minimum Gasteiger partial charge on any atom is -0.492 e. The molecule has 1 unspecified atom stereocenters. The Morgan fingerprint density at radius 3 is 2.41 bits per heavy atom.